The zero-order valence-corrected chi connectivity index (χ0v) is 25.3. The molecule has 1 saturated heterocycles. The van der Waals surface area contributed by atoms with Crippen molar-refractivity contribution in [1.29, 1.82) is 5.41 Å². The summed E-state index contributed by atoms with van der Waals surface area (Å²) in [6, 6.07) is 0.164. The van der Waals surface area contributed by atoms with Gasteiger partial charge in [-0.2, -0.15) is 0 Å². The highest BCUT2D eigenvalue weighted by Crippen LogP contribution is 2.46. The van der Waals surface area contributed by atoms with Crippen LogP contribution in [0.25, 0.3) is 0 Å². The fourth-order valence-corrected chi connectivity index (χ4v) is 8.10. The summed E-state index contributed by atoms with van der Waals surface area (Å²) in [6.07, 6.45) is 3.15. The number of amides is 2. The van der Waals surface area contributed by atoms with Crippen LogP contribution < -0.4 is 22.1 Å². The molecule has 1 fully saturated rings. The van der Waals surface area contributed by atoms with Crippen molar-refractivity contribution in [3.8, 4) is 0 Å². The lowest BCUT2D eigenvalue weighted by Crippen LogP contribution is -2.71. The van der Waals surface area contributed by atoms with E-state index in [-0.39, 0.29) is 40.6 Å². The van der Waals surface area contributed by atoms with E-state index in [1.54, 1.807) is 18.5 Å². The molecule has 230 valence electrons. The molecule has 2 aliphatic heterocycles. The Bertz CT molecular complexity index is 1460. The van der Waals surface area contributed by atoms with E-state index in [2.05, 4.69) is 25.8 Å². The SMILES string of the molecule is N=C(N)NC(CO)CSc1cnccc1SC1=C(C(=O)O)N2C(=O)[C@@H](NC(=O)/C(=N\OCCF)c3csc(N)n3)[C@@H]2SC1. The summed E-state index contributed by atoms with van der Waals surface area (Å²) in [5.74, 6) is -2.45. The van der Waals surface area contributed by atoms with Crippen LogP contribution in [0.1, 0.15) is 5.69 Å². The van der Waals surface area contributed by atoms with E-state index < -0.39 is 48.5 Å². The summed E-state index contributed by atoms with van der Waals surface area (Å²) in [5, 5.41) is 36.8. The van der Waals surface area contributed by atoms with Gasteiger partial charge in [0.2, 0.25) is 0 Å². The number of β-lactam (4-membered cyclic amide) rings is 1. The zero-order chi connectivity index (χ0) is 31.1. The molecular formula is C23H26FN9O6S4. The number of anilines is 1. The third kappa shape index (κ3) is 7.68. The van der Waals surface area contributed by atoms with Gasteiger partial charge in [0, 0.05) is 44.0 Å². The smallest absolute Gasteiger partial charge is 0.353 e. The zero-order valence-electron chi connectivity index (χ0n) is 22.1. The first-order chi connectivity index (χ1) is 20.6. The second-order valence-electron chi connectivity index (χ2n) is 8.64. The molecule has 2 amide bonds. The van der Waals surface area contributed by atoms with Gasteiger partial charge in [-0.15, -0.1) is 34.9 Å². The Morgan fingerprint density at radius 1 is 1.40 bits per heavy atom. The van der Waals surface area contributed by atoms with Crippen LogP contribution in [0.5, 0.6) is 0 Å². The third-order valence-electron chi connectivity index (χ3n) is 5.73. The number of hydrogen-bond donors (Lipinski definition) is 7. The molecule has 15 nitrogen and oxygen atoms in total. The van der Waals surface area contributed by atoms with E-state index >= 15 is 0 Å². The number of nitrogen functional groups attached to an aromatic ring is 1. The molecule has 1 unspecified atom stereocenters. The Balaban J connectivity index is 1.50. The molecule has 4 heterocycles. The largest absolute Gasteiger partial charge is 0.477 e. The molecule has 0 spiro atoms. The van der Waals surface area contributed by atoms with Crippen molar-refractivity contribution in [1.82, 2.24) is 25.5 Å². The van der Waals surface area contributed by atoms with E-state index in [0.717, 1.165) is 16.2 Å². The van der Waals surface area contributed by atoms with Gasteiger partial charge in [-0.25, -0.2) is 14.2 Å². The number of fused-ring (bicyclic) bond motifs is 1. The van der Waals surface area contributed by atoms with Gasteiger partial charge < -0.3 is 37.2 Å². The summed E-state index contributed by atoms with van der Waals surface area (Å²) >= 11 is 4.83. The molecule has 2 aromatic heterocycles. The lowest BCUT2D eigenvalue weighted by atomic mass is 10.0. The van der Waals surface area contributed by atoms with Crippen molar-refractivity contribution in [2.75, 3.05) is 37.1 Å². The summed E-state index contributed by atoms with van der Waals surface area (Å²) in [6.45, 7) is -1.49. The summed E-state index contributed by atoms with van der Waals surface area (Å²) in [7, 11) is 0. The van der Waals surface area contributed by atoms with Crippen LogP contribution in [0, 0.1) is 5.41 Å². The molecule has 4 rings (SSSR count). The molecule has 3 atom stereocenters. The van der Waals surface area contributed by atoms with Gasteiger partial charge in [0.1, 0.15) is 36.1 Å². The maximum atomic E-state index is 13.2. The number of alkyl halides is 1. The number of nitrogens with one attached hydrogen (secondary N) is 3. The summed E-state index contributed by atoms with van der Waals surface area (Å²) in [4.78, 5) is 54.5. The number of carbonyl (C=O) groups is 3. The number of carbonyl (C=O) groups excluding carboxylic acids is 2. The van der Waals surface area contributed by atoms with Crippen molar-refractivity contribution < 1.29 is 33.8 Å². The minimum atomic E-state index is -1.31. The number of nitrogens with zero attached hydrogens (tertiary/aromatic N) is 4. The number of aliphatic carboxylic acids is 1. The Kier molecular flexibility index (Phi) is 11.1. The molecular weight excluding hydrogens is 646 g/mol. The second-order valence-corrected chi connectivity index (χ2v) is 12.8. The highest BCUT2D eigenvalue weighted by molar-refractivity contribution is 8.07. The maximum Gasteiger partial charge on any atom is 0.353 e. The minimum Gasteiger partial charge on any atom is -0.477 e. The quantitative estimate of drug-likeness (QED) is 0.0355. The number of hydrogen-bond acceptors (Lipinski definition) is 14. The lowest BCUT2D eigenvalue weighted by molar-refractivity contribution is -0.150. The molecule has 9 N–H and O–H groups in total. The van der Waals surface area contributed by atoms with Gasteiger partial charge in [-0.05, 0) is 6.07 Å². The van der Waals surface area contributed by atoms with Gasteiger partial charge in [0.25, 0.3) is 11.8 Å². The number of thiazole rings is 1. The Labute approximate surface area is 260 Å². The van der Waals surface area contributed by atoms with E-state index in [9.17, 15) is 29.0 Å². The number of guanidine groups is 1. The van der Waals surface area contributed by atoms with Gasteiger partial charge in [0.05, 0.1) is 12.6 Å². The van der Waals surface area contributed by atoms with E-state index in [1.807, 2.05) is 0 Å². The number of halogens is 1. The first-order valence-corrected chi connectivity index (χ1v) is 16.0. The van der Waals surface area contributed by atoms with Gasteiger partial charge in [-0.3, -0.25) is 24.9 Å². The molecule has 0 radical (unpaired) electrons. The second kappa shape index (κ2) is 14.7. The van der Waals surface area contributed by atoms with Gasteiger partial charge >= 0.3 is 5.97 Å². The monoisotopic (exact) mass is 671 g/mol. The fraction of sp³-hybridized carbons (Fsp3) is 0.348. The highest BCUT2D eigenvalue weighted by atomic mass is 32.2. The topological polar surface area (TPSA) is 242 Å². The van der Waals surface area contributed by atoms with Crippen LogP contribution in [-0.2, 0) is 19.2 Å². The molecule has 0 saturated carbocycles. The van der Waals surface area contributed by atoms with Crippen LogP contribution in [0.2, 0.25) is 0 Å². The molecule has 20 heteroatoms. The number of aliphatic hydroxyl groups is 1. The normalized spacial score (nSPS) is 18.9. The Hall–Kier alpha value is -3.59. The van der Waals surface area contributed by atoms with E-state index in [4.69, 9.17) is 21.7 Å². The van der Waals surface area contributed by atoms with Crippen molar-refractivity contribution >= 4 is 81.2 Å². The van der Waals surface area contributed by atoms with Crippen molar-refractivity contribution in [3.63, 3.8) is 0 Å². The number of thioether (sulfide) groups is 3. The number of carboxylic acids is 1. The van der Waals surface area contributed by atoms with Crippen molar-refractivity contribution in [2.45, 2.75) is 27.2 Å². The summed E-state index contributed by atoms with van der Waals surface area (Å²) < 4.78 is 12.5. The average Bonchev–Trinajstić information content (AvgIpc) is 3.41. The Morgan fingerprint density at radius 3 is 2.84 bits per heavy atom. The van der Waals surface area contributed by atoms with Crippen LogP contribution in [-0.4, -0.2) is 103 Å². The van der Waals surface area contributed by atoms with Crippen LogP contribution in [0.15, 0.2) is 49.4 Å². The van der Waals surface area contributed by atoms with Crippen LogP contribution in [0.4, 0.5) is 9.52 Å². The van der Waals surface area contributed by atoms with Crippen LogP contribution in [0.3, 0.4) is 0 Å². The average molecular weight is 672 g/mol. The predicted octanol–water partition coefficient (Wildman–Crippen LogP) is 0.235. The van der Waals surface area contributed by atoms with E-state index in [0.29, 0.717) is 20.4 Å². The first-order valence-electron chi connectivity index (χ1n) is 12.3. The molecule has 0 aliphatic carbocycles. The van der Waals surface area contributed by atoms with Crippen molar-refractivity contribution in [3.05, 3.63) is 40.1 Å². The number of aromatic nitrogens is 2. The summed E-state index contributed by atoms with van der Waals surface area (Å²) in [5.41, 5.74) is 10.6. The molecule has 0 bridgehead atoms. The third-order valence-corrected chi connectivity index (χ3v) is 10.4. The number of aliphatic hydroxyl groups excluding tert-OH is 1. The van der Waals surface area contributed by atoms with Crippen molar-refractivity contribution in [2.24, 2.45) is 10.9 Å². The van der Waals surface area contributed by atoms with E-state index in [1.165, 1.54) is 40.7 Å². The lowest BCUT2D eigenvalue weighted by Gasteiger charge is -2.49. The molecule has 2 aromatic rings. The Morgan fingerprint density at radius 2 is 2.19 bits per heavy atom. The highest BCUT2D eigenvalue weighted by Gasteiger charge is 2.54. The minimum absolute atomic E-state index is 0.0806. The molecule has 0 aromatic carbocycles. The maximum absolute atomic E-state index is 13.2. The van der Waals surface area contributed by atoms with Gasteiger partial charge in [-0.1, -0.05) is 16.9 Å². The first kappa shape index (κ1) is 32.3. The van der Waals surface area contributed by atoms with Crippen LogP contribution >= 0.6 is 46.6 Å². The number of pyridine rings is 1. The molecule has 2 aliphatic rings. The molecule has 43 heavy (non-hydrogen) atoms. The number of rotatable bonds is 14. The van der Waals surface area contributed by atoms with Gasteiger partial charge in [0.15, 0.2) is 16.8 Å². The predicted molar refractivity (Wildman–Crippen MR) is 161 cm³/mol. The number of oxime groups is 1. The fourth-order valence-electron chi connectivity index (χ4n) is 3.87. The number of carboxylic acid groups (broad SMARTS) is 1. The standard InChI is InChI=1S/C23H26FN9O6S4/c24-2-4-39-32-15(11-8-42-23(27)30-11)18(35)31-16-19(36)33-17(21(37)38)14(9-41-20(16)33)43-12-1-3-28-5-13(12)40-7-10(6-34)29-22(25)26/h1,3,5,8,10,16,20,34H,2,4,6-7,9H2,(H2,27,30)(H,31,35)(H,37,38)(H4,25,26,29)/b32-15-/t10?,16-,20+/m1/s1. The number of nitrogens with two attached hydrogens (primary N) is 2.